The fourth-order valence-corrected chi connectivity index (χ4v) is 5.25. The average molecular weight is 462 g/mol. The van der Waals surface area contributed by atoms with Crippen molar-refractivity contribution >= 4 is 40.6 Å². The van der Waals surface area contributed by atoms with E-state index in [4.69, 9.17) is 11.6 Å². The molecule has 1 saturated heterocycles. The van der Waals surface area contributed by atoms with Crippen LogP contribution in [0.1, 0.15) is 21.6 Å². The molecule has 8 heteroatoms. The quantitative estimate of drug-likeness (QED) is 0.473. The van der Waals surface area contributed by atoms with Crippen LogP contribution in [0.5, 0.6) is 0 Å². The van der Waals surface area contributed by atoms with Crippen LogP contribution in [0.2, 0.25) is 5.02 Å². The van der Waals surface area contributed by atoms with Crippen LogP contribution in [0, 0.1) is 5.82 Å². The molecule has 0 unspecified atom stereocenters. The molecule has 0 atom stereocenters. The summed E-state index contributed by atoms with van der Waals surface area (Å²) in [6.07, 6.45) is 0. The summed E-state index contributed by atoms with van der Waals surface area (Å²) in [5.41, 5.74) is 4.08. The minimum absolute atomic E-state index is 0.0416. The van der Waals surface area contributed by atoms with Crippen molar-refractivity contribution in [1.29, 1.82) is 0 Å². The number of hydrogen-bond acceptors (Lipinski definition) is 5. The van der Waals surface area contributed by atoms with Crippen molar-refractivity contribution in [2.24, 2.45) is 0 Å². The lowest BCUT2D eigenvalue weighted by Gasteiger charge is -2.35. The zero-order valence-electron chi connectivity index (χ0n) is 16.3. The summed E-state index contributed by atoms with van der Waals surface area (Å²) < 4.78 is 14.1. The Labute approximate surface area is 188 Å². The number of piperazine rings is 1. The molecule has 0 saturated carbocycles. The number of halogens is 2. The van der Waals surface area contributed by atoms with E-state index in [9.17, 15) is 9.18 Å². The SMILES string of the molecule is O=C(c1ccccc1SCc1cscn1)N1CCN(Cc2c(F)cccc2Cl)CC1. The standard InChI is InChI=1S/C22H21ClFN3OS2/c23-19-5-3-6-20(24)18(19)12-26-8-10-27(11-9-26)22(28)17-4-1-2-7-21(17)30-14-16-13-29-15-25-16/h1-7,13,15H,8-12,14H2. The monoisotopic (exact) mass is 461 g/mol. The summed E-state index contributed by atoms with van der Waals surface area (Å²) in [6, 6.07) is 12.5. The van der Waals surface area contributed by atoms with Gasteiger partial charge >= 0.3 is 0 Å². The van der Waals surface area contributed by atoms with E-state index in [1.807, 2.05) is 40.1 Å². The largest absolute Gasteiger partial charge is 0.336 e. The van der Waals surface area contributed by atoms with Gasteiger partial charge in [-0.15, -0.1) is 23.1 Å². The molecule has 30 heavy (non-hydrogen) atoms. The summed E-state index contributed by atoms with van der Waals surface area (Å²) in [5, 5.41) is 2.47. The van der Waals surface area contributed by atoms with Gasteiger partial charge in [0.1, 0.15) is 5.82 Å². The van der Waals surface area contributed by atoms with Crippen molar-refractivity contribution in [3.05, 3.63) is 81.0 Å². The molecule has 4 nitrogen and oxygen atoms in total. The highest BCUT2D eigenvalue weighted by molar-refractivity contribution is 7.98. The van der Waals surface area contributed by atoms with Crippen LogP contribution in [0.4, 0.5) is 4.39 Å². The van der Waals surface area contributed by atoms with Crippen LogP contribution < -0.4 is 0 Å². The second kappa shape index (κ2) is 9.92. The third-order valence-electron chi connectivity index (χ3n) is 5.08. The lowest BCUT2D eigenvalue weighted by molar-refractivity contribution is 0.0623. The van der Waals surface area contributed by atoms with E-state index < -0.39 is 0 Å². The van der Waals surface area contributed by atoms with Gasteiger partial charge in [0.15, 0.2) is 0 Å². The molecule has 1 aliphatic rings. The lowest BCUT2D eigenvalue weighted by Crippen LogP contribution is -2.48. The first-order chi connectivity index (χ1) is 14.6. The zero-order valence-corrected chi connectivity index (χ0v) is 18.7. The Morgan fingerprint density at radius 3 is 2.67 bits per heavy atom. The molecular weight excluding hydrogens is 441 g/mol. The Morgan fingerprint density at radius 1 is 1.13 bits per heavy atom. The van der Waals surface area contributed by atoms with Crippen molar-refractivity contribution in [1.82, 2.24) is 14.8 Å². The average Bonchev–Trinajstić information content (AvgIpc) is 3.29. The van der Waals surface area contributed by atoms with Crippen LogP contribution >= 0.6 is 34.7 Å². The van der Waals surface area contributed by atoms with Gasteiger partial charge in [-0.1, -0.05) is 29.8 Å². The van der Waals surface area contributed by atoms with Crippen LogP contribution in [-0.2, 0) is 12.3 Å². The van der Waals surface area contributed by atoms with E-state index in [1.54, 1.807) is 35.2 Å². The van der Waals surface area contributed by atoms with Gasteiger partial charge in [0, 0.05) is 59.3 Å². The van der Waals surface area contributed by atoms with Gasteiger partial charge < -0.3 is 4.90 Å². The van der Waals surface area contributed by atoms with Crippen molar-refractivity contribution in [3.8, 4) is 0 Å². The minimum atomic E-state index is -0.285. The molecular formula is C22H21ClFN3OS2. The first-order valence-electron chi connectivity index (χ1n) is 9.65. The number of nitrogens with zero attached hydrogens (tertiary/aromatic N) is 3. The van der Waals surface area contributed by atoms with Gasteiger partial charge in [-0.05, 0) is 24.3 Å². The predicted octanol–water partition coefficient (Wildman–Crippen LogP) is 5.19. The summed E-state index contributed by atoms with van der Waals surface area (Å²) in [4.78, 5) is 22.4. The Hall–Kier alpha value is -1.93. The van der Waals surface area contributed by atoms with Gasteiger partial charge in [-0.3, -0.25) is 9.69 Å². The second-order valence-electron chi connectivity index (χ2n) is 7.03. The highest BCUT2D eigenvalue weighted by Crippen LogP contribution is 2.28. The van der Waals surface area contributed by atoms with Gasteiger partial charge in [-0.25, -0.2) is 9.37 Å². The number of thiazole rings is 1. The van der Waals surface area contributed by atoms with Gasteiger partial charge in [-0.2, -0.15) is 0 Å². The normalized spacial score (nSPS) is 14.8. The summed E-state index contributed by atoms with van der Waals surface area (Å²) in [5.74, 6) is 0.498. The highest BCUT2D eigenvalue weighted by Gasteiger charge is 2.24. The summed E-state index contributed by atoms with van der Waals surface area (Å²) in [6.45, 7) is 3.04. The predicted molar refractivity (Wildman–Crippen MR) is 121 cm³/mol. The number of thioether (sulfide) groups is 1. The Kier molecular flexibility index (Phi) is 7.04. The number of hydrogen-bond donors (Lipinski definition) is 0. The van der Waals surface area contributed by atoms with Crippen LogP contribution in [0.25, 0.3) is 0 Å². The van der Waals surface area contributed by atoms with E-state index in [0.717, 1.165) is 21.9 Å². The molecule has 156 valence electrons. The van der Waals surface area contributed by atoms with Crippen molar-refractivity contribution < 1.29 is 9.18 Å². The number of rotatable bonds is 6. The molecule has 3 aromatic rings. The molecule has 0 spiro atoms. The van der Waals surface area contributed by atoms with Crippen molar-refractivity contribution in [3.63, 3.8) is 0 Å². The van der Waals surface area contributed by atoms with Gasteiger partial charge in [0.05, 0.1) is 16.8 Å². The van der Waals surface area contributed by atoms with Crippen LogP contribution in [-0.4, -0.2) is 46.9 Å². The Morgan fingerprint density at radius 2 is 1.93 bits per heavy atom. The van der Waals surface area contributed by atoms with E-state index in [1.165, 1.54) is 6.07 Å². The number of benzene rings is 2. The molecule has 0 N–H and O–H groups in total. The molecule has 1 fully saturated rings. The topological polar surface area (TPSA) is 36.4 Å². The van der Waals surface area contributed by atoms with Crippen molar-refractivity contribution in [2.75, 3.05) is 26.2 Å². The fraction of sp³-hybridized carbons (Fsp3) is 0.273. The van der Waals surface area contributed by atoms with Crippen LogP contribution in [0.15, 0.2) is 58.3 Å². The smallest absolute Gasteiger partial charge is 0.255 e. The van der Waals surface area contributed by atoms with Gasteiger partial charge in [0.2, 0.25) is 0 Å². The molecule has 1 aliphatic heterocycles. The number of amides is 1. The zero-order chi connectivity index (χ0) is 20.9. The lowest BCUT2D eigenvalue weighted by atomic mass is 10.1. The molecule has 1 aromatic heterocycles. The van der Waals surface area contributed by atoms with Crippen molar-refractivity contribution in [2.45, 2.75) is 17.2 Å². The molecule has 4 rings (SSSR count). The number of aromatic nitrogens is 1. The number of carbonyl (C=O) groups excluding carboxylic acids is 1. The van der Waals surface area contributed by atoms with E-state index in [2.05, 4.69) is 9.88 Å². The molecule has 2 aromatic carbocycles. The maximum atomic E-state index is 14.1. The molecule has 1 amide bonds. The number of carbonyl (C=O) groups is 1. The first-order valence-corrected chi connectivity index (χ1v) is 12.0. The summed E-state index contributed by atoms with van der Waals surface area (Å²) >= 11 is 9.36. The fourth-order valence-electron chi connectivity index (χ4n) is 3.42. The van der Waals surface area contributed by atoms with E-state index >= 15 is 0 Å². The third-order valence-corrected chi connectivity index (χ3v) is 7.18. The Bertz CT molecular complexity index is 987. The maximum Gasteiger partial charge on any atom is 0.255 e. The molecule has 0 bridgehead atoms. The van der Waals surface area contributed by atoms with E-state index in [-0.39, 0.29) is 11.7 Å². The molecule has 0 aliphatic carbocycles. The first kappa shape index (κ1) is 21.3. The second-order valence-corrected chi connectivity index (χ2v) is 9.18. The summed E-state index contributed by atoms with van der Waals surface area (Å²) in [7, 11) is 0. The molecule has 0 radical (unpaired) electrons. The molecule has 2 heterocycles. The maximum absolute atomic E-state index is 14.1. The van der Waals surface area contributed by atoms with Crippen LogP contribution in [0.3, 0.4) is 0 Å². The Balaban J connectivity index is 1.37. The minimum Gasteiger partial charge on any atom is -0.336 e. The highest BCUT2D eigenvalue weighted by atomic mass is 35.5. The van der Waals surface area contributed by atoms with Gasteiger partial charge in [0.25, 0.3) is 5.91 Å². The third kappa shape index (κ3) is 5.03. The van der Waals surface area contributed by atoms with E-state index in [0.29, 0.717) is 43.3 Å².